The van der Waals surface area contributed by atoms with E-state index < -0.39 is 5.82 Å². The van der Waals surface area contributed by atoms with Crippen molar-refractivity contribution >= 4 is 5.82 Å². The molecule has 1 saturated heterocycles. The van der Waals surface area contributed by atoms with Gasteiger partial charge in [0.1, 0.15) is 29.0 Å². The standard InChI is InChI=1S/C16H16FN5O/c17-11-4-1-5-12(23)13(11)16-21-14(9-3-2-6-20-8-9)10(7-18)15(19)22-16/h1,4-5,9,20,23H,2-3,6,8H2,(H2,19,21,22). The zero-order chi connectivity index (χ0) is 16.4. The number of nitrogens with two attached hydrogens (primary N) is 1. The minimum absolute atomic E-state index is 0.000673. The van der Waals surface area contributed by atoms with Crippen molar-refractivity contribution in [3.8, 4) is 23.2 Å². The summed E-state index contributed by atoms with van der Waals surface area (Å²) in [5.74, 6) is -0.890. The van der Waals surface area contributed by atoms with Crippen LogP contribution in [0.1, 0.15) is 30.0 Å². The quantitative estimate of drug-likeness (QED) is 0.781. The van der Waals surface area contributed by atoms with E-state index in [9.17, 15) is 14.8 Å². The number of anilines is 1. The van der Waals surface area contributed by atoms with Gasteiger partial charge in [-0.25, -0.2) is 14.4 Å². The summed E-state index contributed by atoms with van der Waals surface area (Å²) >= 11 is 0. The van der Waals surface area contributed by atoms with E-state index >= 15 is 0 Å². The molecule has 0 amide bonds. The van der Waals surface area contributed by atoms with E-state index in [2.05, 4.69) is 15.3 Å². The van der Waals surface area contributed by atoms with Crippen LogP contribution in [0.15, 0.2) is 18.2 Å². The third-order valence-corrected chi connectivity index (χ3v) is 3.98. The highest BCUT2D eigenvalue weighted by atomic mass is 19.1. The van der Waals surface area contributed by atoms with Crippen LogP contribution in [-0.2, 0) is 0 Å². The van der Waals surface area contributed by atoms with Crippen LogP contribution in [-0.4, -0.2) is 28.2 Å². The fraction of sp³-hybridized carbons (Fsp3) is 0.312. The zero-order valence-corrected chi connectivity index (χ0v) is 12.4. The summed E-state index contributed by atoms with van der Waals surface area (Å²) in [5, 5.41) is 22.5. The smallest absolute Gasteiger partial charge is 0.168 e. The Hall–Kier alpha value is -2.72. The predicted octanol–water partition coefficient (Wildman–Crippen LogP) is 1.91. The summed E-state index contributed by atoms with van der Waals surface area (Å²) in [6.07, 6.45) is 1.82. The Balaban J connectivity index is 2.17. The van der Waals surface area contributed by atoms with Gasteiger partial charge in [0.2, 0.25) is 0 Å². The molecule has 1 atom stereocenters. The maximum Gasteiger partial charge on any atom is 0.168 e. The van der Waals surface area contributed by atoms with Crippen molar-refractivity contribution in [2.75, 3.05) is 18.8 Å². The molecule has 4 N–H and O–H groups in total. The maximum atomic E-state index is 14.1. The molecule has 0 spiro atoms. The molecule has 23 heavy (non-hydrogen) atoms. The number of nitrogens with zero attached hydrogens (tertiary/aromatic N) is 3. The number of rotatable bonds is 2. The molecule has 0 saturated carbocycles. The first-order valence-electron chi connectivity index (χ1n) is 7.38. The summed E-state index contributed by atoms with van der Waals surface area (Å²) in [4.78, 5) is 8.38. The Morgan fingerprint density at radius 1 is 1.39 bits per heavy atom. The number of halogens is 1. The molecule has 3 rings (SSSR count). The summed E-state index contributed by atoms with van der Waals surface area (Å²) in [6, 6.07) is 6.01. The van der Waals surface area contributed by atoms with Crippen LogP contribution in [0.25, 0.3) is 11.4 Å². The van der Waals surface area contributed by atoms with Gasteiger partial charge in [-0.15, -0.1) is 0 Å². The summed E-state index contributed by atoms with van der Waals surface area (Å²) in [7, 11) is 0. The lowest BCUT2D eigenvalue weighted by Crippen LogP contribution is -2.29. The van der Waals surface area contributed by atoms with Crippen molar-refractivity contribution in [1.82, 2.24) is 15.3 Å². The van der Waals surface area contributed by atoms with E-state index in [1.54, 1.807) is 0 Å². The summed E-state index contributed by atoms with van der Waals surface area (Å²) in [6.45, 7) is 1.59. The molecule has 2 heterocycles. The van der Waals surface area contributed by atoms with Crippen molar-refractivity contribution in [3.63, 3.8) is 0 Å². The molecule has 1 aliphatic rings. The minimum atomic E-state index is -0.637. The number of nitrogen functional groups attached to an aromatic ring is 1. The van der Waals surface area contributed by atoms with Gasteiger partial charge < -0.3 is 16.2 Å². The van der Waals surface area contributed by atoms with Gasteiger partial charge in [-0.1, -0.05) is 6.07 Å². The molecule has 1 aromatic carbocycles. The Labute approximate surface area is 132 Å². The predicted molar refractivity (Wildman–Crippen MR) is 83.1 cm³/mol. The van der Waals surface area contributed by atoms with E-state index in [1.807, 2.05) is 6.07 Å². The van der Waals surface area contributed by atoms with Gasteiger partial charge in [0, 0.05) is 12.5 Å². The molecule has 7 heteroatoms. The van der Waals surface area contributed by atoms with Crippen LogP contribution in [0.4, 0.5) is 10.2 Å². The number of piperidine rings is 1. The first kappa shape index (κ1) is 15.2. The molecule has 0 radical (unpaired) electrons. The van der Waals surface area contributed by atoms with Crippen LogP contribution in [0.3, 0.4) is 0 Å². The van der Waals surface area contributed by atoms with Crippen molar-refractivity contribution in [1.29, 1.82) is 5.26 Å². The van der Waals surface area contributed by atoms with Crippen molar-refractivity contribution in [2.24, 2.45) is 0 Å². The summed E-state index contributed by atoms with van der Waals surface area (Å²) in [5.41, 5.74) is 6.50. The molecular weight excluding hydrogens is 297 g/mol. The fourth-order valence-corrected chi connectivity index (χ4v) is 2.84. The van der Waals surface area contributed by atoms with E-state index in [1.165, 1.54) is 18.2 Å². The molecule has 6 nitrogen and oxygen atoms in total. The first-order valence-corrected chi connectivity index (χ1v) is 7.38. The normalized spacial score (nSPS) is 17.7. The topological polar surface area (TPSA) is 108 Å². The third kappa shape index (κ3) is 2.81. The van der Waals surface area contributed by atoms with Gasteiger partial charge in [-0.2, -0.15) is 5.26 Å². The molecule has 2 aromatic rings. The van der Waals surface area contributed by atoms with Gasteiger partial charge >= 0.3 is 0 Å². The highest BCUT2D eigenvalue weighted by Gasteiger charge is 2.25. The number of hydrogen-bond acceptors (Lipinski definition) is 6. The Morgan fingerprint density at radius 2 is 2.22 bits per heavy atom. The maximum absolute atomic E-state index is 14.1. The molecule has 1 aromatic heterocycles. The Kier molecular flexibility index (Phi) is 4.08. The number of nitrogens with one attached hydrogen (secondary N) is 1. The molecule has 1 fully saturated rings. The Bertz CT molecular complexity index is 761. The molecule has 0 bridgehead atoms. The number of hydrogen-bond donors (Lipinski definition) is 3. The van der Waals surface area contributed by atoms with Crippen LogP contribution >= 0.6 is 0 Å². The molecule has 1 aliphatic heterocycles. The molecule has 118 valence electrons. The summed E-state index contributed by atoms with van der Waals surface area (Å²) < 4.78 is 14.1. The highest BCUT2D eigenvalue weighted by molar-refractivity contribution is 5.67. The van der Waals surface area contributed by atoms with Crippen LogP contribution in [0.5, 0.6) is 5.75 Å². The average molecular weight is 313 g/mol. The van der Waals surface area contributed by atoms with Crippen molar-refractivity contribution in [3.05, 3.63) is 35.3 Å². The van der Waals surface area contributed by atoms with E-state index in [0.717, 1.165) is 19.4 Å². The molecule has 0 aliphatic carbocycles. The number of phenols is 1. The lowest BCUT2D eigenvalue weighted by molar-refractivity contribution is 0.453. The van der Waals surface area contributed by atoms with E-state index in [4.69, 9.17) is 5.73 Å². The number of benzene rings is 1. The van der Waals surface area contributed by atoms with Gasteiger partial charge in [0.05, 0.1) is 11.3 Å². The number of phenolic OH excluding ortho intramolecular Hbond substituents is 1. The van der Waals surface area contributed by atoms with Crippen molar-refractivity contribution in [2.45, 2.75) is 18.8 Å². The van der Waals surface area contributed by atoms with E-state index in [0.29, 0.717) is 12.2 Å². The van der Waals surface area contributed by atoms with E-state index in [-0.39, 0.29) is 34.4 Å². The lowest BCUT2D eigenvalue weighted by Gasteiger charge is -2.23. The second-order valence-corrected chi connectivity index (χ2v) is 5.48. The van der Waals surface area contributed by atoms with Gasteiger partial charge in [0.15, 0.2) is 5.82 Å². The number of nitriles is 1. The van der Waals surface area contributed by atoms with Gasteiger partial charge in [0.25, 0.3) is 0 Å². The third-order valence-electron chi connectivity index (χ3n) is 3.98. The molecular formula is C16H16FN5O. The molecule has 1 unspecified atom stereocenters. The minimum Gasteiger partial charge on any atom is -0.507 e. The lowest BCUT2D eigenvalue weighted by atomic mass is 9.93. The average Bonchev–Trinajstić information content (AvgIpc) is 2.55. The van der Waals surface area contributed by atoms with Crippen LogP contribution in [0, 0.1) is 17.1 Å². The van der Waals surface area contributed by atoms with Gasteiger partial charge in [-0.3, -0.25) is 0 Å². The van der Waals surface area contributed by atoms with Gasteiger partial charge in [-0.05, 0) is 31.5 Å². The fourth-order valence-electron chi connectivity index (χ4n) is 2.84. The zero-order valence-electron chi connectivity index (χ0n) is 12.4. The largest absolute Gasteiger partial charge is 0.507 e. The number of aromatic nitrogens is 2. The first-order chi connectivity index (χ1) is 11.1. The van der Waals surface area contributed by atoms with Crippen molar-refractivity contribution < 1.29 is 9.50 Å². The highest BCUT2D eigenvalue weighted by Crippen LogP contribution is 2.33. The van der Waals surface area contributed by atoms with Crippen LogP contribution < -0.4 is 11.1 Å². The van der Waals surface area contributed by atoms with Crippen LogP contribution in [0.2, 0.25) is 0 Å². The second-order valence-electron chi connectivity index (χ2n) is 5.48. The number of aromatic hydroxyl groups is 1. The second kappa shape index (κ2) is 6.18. The Morgan fingerprint density at radius 3 is 2.87 bits per heavy atom. The monoisotopic (exact) mass is 313 g/mol. The SMILES string of the molecule is N#Cc1c(N)nc(-c2c(O)cccc2F)nc1C1CCCNC1.